The Balaban J connectivity index is 3.23. The molecule has 0 atom stereocenters. The SMILES string of the molecule is [B]CC(=O)c1cc(OCC)cc(C(C)(C)C)c1. The third-order valence-electron chi connectivity index (χ3n) is 2.59. The zero-order valence-corrected chi connectivity index (χ0v) is 11.0. The van der Waals surface area contributed by atoms with E-state index < -0.39 is 0 Å². The van der Waals surface area contributed by atoms with Gasteiger partial charge in [0.2, 0.25) is 0 Å². The van der Waals surface area contributed by atoms with Gasteiger partial charge >= 0.3 is 0 Å². The van der Waals surface area contributed by atoms with Gasteiger partial charge in [0.1, 0.15) is 5.75 Å². The van der Waals surface area contributed by atoms with Crippen molar-refractivity contribution in [3.8, 4) is 5.75 Å². The van der Waals surface area contributed by atoms with E-state index in [0.29, 0.717) is 12.2 Å². The first kappa shape index (κ1) is 13.8. The fraction of sp³-hybridized carbons (Fsp3) is 0.500. The van der Waals surface area contributed by atoms with Crippen LogP contribution < -0.4 is 4.74 Å². The van der Waals surface area contributed by atoms with Crippen LogP contribution in [-0.2, 0) is 5.41 Å². The van der Waals surface area contributed by atoms with Gasteiger partial charge in [0.15, 0.2) is 5.78 Å². The number of ether oxygens (including phenoxy) is 1. The van der Waals surface area contributed by atoms with Crippen molar-refractivity contribution in [2.45, 2.75) is 39.4 Å². The third-order valence-corrected chi connectivity index (χ3v) is 2.59. The molecule has 0 amide bonds. The van der Waals surface area contributed by atoms with Gasteiger partial charge in [0.25, 0.3) is 0 Å². The Labute approximate surface area is 105 Å². The molecular weight excluding hydrogens is 211 g/mol. The molecule has 0 aliphatic carbocycles. The van der Waals surface area contributed by atoms with Gasteiger partial charge < -0.3 is 4.74 Å². The van der Waals surface area contributed by atoms with Gasteiger partial charge in [-0.25, -0.2) is 0 Å². The maximum Gasteiger partial charge on any atom is 0.154 e. The summed E-state index contributed by atoms with van der Waals surface area (Å²) in [6.07, 6.45) is 0.0269. The number of carbonyl (C=O) groups is 1. The van der Waals surface area contributed by atoms with E-state index >= 15 is 0 Å². The second-order valence-corrected chi connectivity index (χ2v) is 5.06. The van der Waals surface area contributed by atoms with E-state index in [2.05, 4.69) is 20.8 Å². The summed E-state index contributed by atoms with van der Waals surface area (Å²) in [7, 11) is 5.40. The van der Waals surface area contributed by atoms with Crippen LogP contribution >= 0.6 is 0 Å². The highest BCUT2D eigenvalue weighted by Gasteiger charge is 2.17. The highest BCUT2D eigenvalue weighted by Crippen LogP contribution is 2.28. The van der Waals surface area contributed by atoms with Crippen molar-refractivity contribution < 1.29 is 9.53 Å². The van der Waals surface area contributed by atoms with E-state index in [1.807, 2.05) is 19.1 Å². The van der Waals surface area contributed by atoms with E-state index in [9.17, 15) is 4.79 Å². The van der Waals surface area contributed by atoms with Gasteiger partial charge in [-0.05, 0) is 42.4 Å². The van der Waals surface area contributed by atoms with Crippen LogP contribution in [0.25, 0.3) is 0 Å². The minimum absolute atomic E-state index is 0.0171. The summed E-state index contributed by atoms with van der Waals surface area (Å²) in [6, 6.07) is 5.64. The molecule has 0 aliphatic heterocycles. The maximum absolute atomic E-state index is 11.7. The molecule has 0 heterocycles. The molecule has 90 valence electrons. The fourth-order valence-electron chi connectivity index (χ4n) is 1.56. The molecule has 0 unspecified atom stereocenters. The van der Waals surface area contributed by atoms with Crippen LogP contribution in [0, 0.1) is 0 Å². The van der Waals surface area contributed by atoms with E-state index in [1.165, 1.54) is 0 Å². The third kappa shape index (κ3) is 3.62. The van der Waals surface area contributed by atoms with Gasteiger partial charge in [-0.2, -0.15) is 0 Å². The Morgan fingerprint density at radius 3 is 2.41 bits per heavy atom. The molecule has 0 aliphatic rings. The van der Waals surface area contributed by atoms with Gasteiger partial charge in [-0.1, -0.05) is 20.8 Å². The number of rotatable bonds is 4. The molecular formula is C14H19BO2. The van der Waals surface area contributed by atoms with E-state index in [1.54, 1.807) is 6.07 Å². The highest BCUT2D eigenvalue weighted by molar-refractivity contribution is 6.24. The molecule has 2 radical (unpaired) electrons. The molecule has 3 heteroatoms. The number of carbonyl (C=O) groups excluding carboxylic acids is 1. The molecule has 0 fully saturated rings. The lowest BCUT2D eigenvalue weighted by Crippen LogP contribution is -2.13. The summed E-state index contributed by atoms with van der Waals surface area (Å²) in [5.74, 6) is 0.675. The van der Waals surface area contributed by atoms with Crippen LogP contribution in [0.2, 0.25) is 6.32 Å². The van der Waals surface area contributed by atoms with Crippen LogP contribution in [0.5, 0.6) is 5.75 Å². The normalized spacial score (nSPS) is 11.3. The largest absolute Gasteiger partial charge is 0.494 e. The molecule has 0 bridgehead atoms. The lowest BCUT2D eigenvalue weighted by Gasteiger charge is -2.21. The lowest BCUT2D eigenvalue weighted by atomic mass is 9.84. The molecule has 0 spiro atoms. The smallest absolute Gasteiger partial charge is 0.154 e. The number of ketones is 1. The molecule has 0 saturated carbocycles. The second kappa shape index (κ2) is 5.39. The first-order valence-electron chi connectivity index (χ1n) is 5.90. The van der Waals surface area contributed by atoms with Crippen LogP contribution in [0.1, 0.15) is 43.6 Å². The summed E-state index contributed by atoms with van der Waals surface area (Å²) >= 11 is 0. The van der Waals surface area contributed by atoms with Gasteiger partial charge in [0.05, 0.1) is 14.5 Å². The van der Waals surface area contributed by atoms with Gasteiger partial charge in [0, 0.05) is 5.56 Å². The molecule has 17 heavy (non-hydrogen) atoms. The van der Waals surface area contributed by atoms with Crippen LogP contribution in [0.3, 0.4) is 0 Å². The summed E-state index contributed by atoms with van der Waals surface area (Å²) in [4.78, 5) is 11.7. The predicted octanol–water partition coefficient (Wildman–Crippen LogP) is 3.15. The van der Waals surface area contributed by atoms with Crippen molar-refractivity contribution in [2.24, 2.45) is 0 Å². The van der Waals surface area contributed by atoms with Crippen LogP contribution in [-0.4, -0.2) is 20.2 Å². The van der Waals surface area contributed by atoms with E-state index in [4.69, 9.17) is 12.6 Å². The average Bonchev–Trinajstić information content (AvgIpc) is 2.27. The molecule has 1 rings (SSSR count). The quantitative estimate of drug-likeness (QED) is 0.586. The zero-order chi connectivity index (χ0) is 13.1. The molecule has 0 saturated heterocycles. The number of hydrogen-bond acceptors (Lipinski definition) is 2. The topological polar surface area (TPSA) is 26.3 Å². The highest BCUT2D eigenvalue weighted by atomic mass is 16.5. The van der Waals surface area contributed by atoms with Crippen molar-refractivity contribution >= 4 is 13.6 Å². The van der Waals surface area contributed by atoms with Crippen molar-refractivity contribution in [3.05, 3.63) is 29.3 Å². The van der Waals surface area contributed by atoms with Crippen molar-refractivity contribution in [1.82, 2.24) is 0 Å². The Kier molecular flexibility index (Phi) is 4.38. The molecule has 0 aromatic heterocycles. The summed E-state index contributed by atoms with van der Waals surface area (Å²) in [5, 5.41) is 0. The Hall–Kier alpha value is -1.25. The number of hydrogen-bond donors (Lipinski definition) is 0. The minimum Gasteiger partial charge on any atom is -0.494 e. The summed E-state index contributed by atoms with van der Waals surface area (Å²) in [6.45, 7) is 8.83. The second-order valence-electron chi connectivity index (χ2n) is 5.06. The number of benzene rings is 1. The molecule has 1 aromatic rings. The monoisotopic (exact) mass is 230 g/mol. The summed E-state index contributed by atoms with van der Waals surface area (Å²) in [5.41, 5.74) is 1.69. The molecule has 2 nitrogen and oxygen atoms in total. The van der Waals surface area contributed by atoms with Gasteiger partial charge in [-0.15, -0.1) is 0 Å². The zero-order valence-electron chi connectivity index (χ0n) is 11.0. The maximum atomic E-state index is 11.7. The Morgan fingerprint density at radius 2 is 1.94 bits per heavy atom. The lowest BCUT2D eigenvalue weighted by molar-refractivity contribution is 0.101. The predicted molar refractivity (Wildman–Crippen MR) is 71.2 cm³/mol. The van der Waals surface area contributed by atoms with Crippen molar-refractivity contribution in [1.29, 1.82) is 0 Å². The van der Waals surface area contributed by atoms with Crippen molar-refractivity contribution in [2.75, 3.05) is 6.61 Å². The molecule has 1 aromatic carbocycles. The number of Topliss-reactive ketones (excluding diaryl/α,β-unsaturated/α-hetero) is 1. The standard InChI is InChI=1S/C14H19BO2/c1-5-17-12-7-10(13(16)9-15)6-11(8-12)14(2,3)4/h6-8H,5,9H2,1-4H3. The van der Waals surface area contributed by atoms with E-state index in [0.717, 1.165) is 11.3 Å². The minimum atomic E-state index is -0.0583. The summed E-state index contributed by atoms with van der Waals surface area (Å²) < 4.78 is 5.48. The fourth-order valence-corrected chi connectivity index (χ4v) is 1.56. The van der Waals surface area contributed by atoms with Crippen LogP contribution in [0.4, 0.5) is 0 Å². The average molecular weight is 230 g/mol. The van der Waals surface area contributed by atoms with Crippen molar-refractivity contribution in [3.63, 3.8) is 0 Å². The first-order valence-corrected chi connectivity index (χ1v) is 5.90. The Morgan fingerprint density at radius 1 is 1.29 bits per heavy atom. The Bertz CT molecular complexity index is 405. The van der Waals surface area contributed by atoms with Gasteiger partial charge in [-0.3, -0.25) is 4.79 Å². The van der Waals surface area contributed by atoms with E-state index in [-0.39, 0.29) is 17.5 Å². The first-order chi connectivity index (χ1) is 7.88. The van der Waals surface area contributed by atoms with Crippen LogP contribution in [0.15, 0.2) is 18.2 Å². The molecule has 0 N–H and O–H groups in total.